The zero-order chi connectivity index (χ0) is 23.2. The first-order chi connectivity index (χ1) is 14.0. The number of rotatable bonds is 17. The van der Waals surface area contributed by atoms with Gasteiger partial charge in [-0.25, -0.2) is 9.59 Å². The van der Waals surface area contributed by atoms with Crippen LogP contribution in [0.2, 0.25) is 6.04 Å². The molecule has 0 spiro atoms. The summed E-state index contributed by atoms with van der Waals surface area (Å²) in [6.07, 6.45) is 1.68. The standard InChI is InChI=1S/C20H36O9Si/c1-16(2)18(21)26-12-9-10-14-28-30(25-8,29-20(5,23-6)24-7)15-11-13-27-19(22)17(3)4/h1,3,9-15H2,2,4-8H3. The van der Waals surface area contributed by atoms with E-state index in [0.717, 1.165) is 0 Å². The van der Waals surface area contributed by atoms with Crippen LogP contribution in [0.1, 0.15) is 40.0 Å². The molecule has 1 unspecified atom stereocenters. The Morgan fingerprint density at radius 2 is 1.30 bits per heavy atom. The van der Waals surface area contributed by atoms with Crippen LogP contribution in [0.5, 0.6) is 0 Å². The summed E-state index contributed by atoms with van der Waals surface area (Å²) >= 11 is 0. The lowest BCUT2D eigenvalue weighted by Crippen LogP contribution is -2.53. The molecule has 0 fully saturated rings. The molecule has 0 heterocycles. The number of methoxy groups -OCH3 is 2. The van der Waals surface area contributed by atoms with E-state index in [4.69, 9.17) is 32.2 Å². The smallest absolute Gasteiger partial charge is 0.462 e. The van der Waals surface area contributed by atoms with Crippen molar-refractivity contribution < 1.29 is 41.8 Å². The summed E-state index contributed by atoms with van der Waals surface area (Å²) in [5.41, 5.74) is 0.688. The molecule has 30 heavy (non-hydrogen) atoms. The summed E-state index contributed by atoms with van der Waals surface area (Å²) in [7, 11) is 1.16. The second kappa shape index (κ2) is 14.4. The molecule has 0 saturated carbocycles. The average molecular weight is 449 g/mol. The molecule has 0 rings (SSSR count). The highest BCUT2D eigenvalue weighted by molar-refractivity contribution is 6.60. The van der Waals surface area contributed by atoms with Crippen molar-refractivity contribution in [3.8, 4) is 0 Å². The Kier molecular flexibility index (Phi) is 13.7. The van der Waals surface area contributed by atoms with Crippen LogP contribution in [0.25, 0.3) is 0 Å². The Bertz CT molecular complexity index is 575. The molecule has 10 heteroatoms. The van der Waals surface area contributed by atoms with E-state index in [1.54, 1.807) is 20.8 Å². The van der Waals surface area contributed by atoms with E-state index in [1.807, 2.05) is 0 Å². The van der Waals surface area contributed by atoms with E-state index in [-0.39, 0.29) is 13.2 Å². The van der Waals surface area contributed by atoms with E-state index < -0.39 is 26.7 Å². The van der Waals surface area contributed by atoms with Gasteiger partial charge in [-0.15, -0.1) is 0 Å². The van der Waals surface area contributed by atoms with Gasteiger partial charge >= 0.3 is 20.7 Å². The zero-order valence-corrected chi connectivity index (χ0v) is 20.0. The van der Waals surface area contributed by atoms with Gasteiger partial charge in [-0.3, -0.25) is 0 Å². The van der Waals surface area contributed by atoms with Crippen LogP contribution in [0, 0.1) is 0 Å². The molecule has 9 nitrogen and oxygen atoms in total. The van der Waals surface area contributed by atoms with Gasteiger partial charge in [0.2, 0.25) is 0 Å². The molecule has 0 N–H and O–H groups in total. The van der Waals surface area contributed by atoms with E-state index in [2.05, 4.69) is 13.2 Å². The first kappa shape index (κ1) is 28.4. The third kappa shape index (κ3) is 11.0. The number of carbonyl (C=O) groups is 2. The predicted molar refractivity (Wildman–Crippen MR) is 112 cm³/mol. The summed E-state index contributed by atoms with van der Waals surface area (Å²) in [6.45, 7) is 12.6. The van der Waals surface area contributed by atoms with Gasteiger partial charge in [0.05, 0.1) is 13.2 Å². The minimum absolute atomic E-state index is 0.171. The highest BCUT2D eigenvalue weighted by atomic mass is 28.4. The molecule has 0 aliphatic heterocycles. The maximum Gasteiger partial charge on any atom is 0.504 e. The molecular weight excluding hydrogens is 412 g/mol. The summed E-state index contributed by atoms with van der Waals surface area (Å²) < 4.78 is 38.4. The summed E-state index contributed by atoms with van der Waals surface area (Å²) in [5, 5.41) is 0. The number of ether oxygens (including phenoxy) is 4. The fraction of sp³-hybridized carbons (Fsp3) is 0.700. The van der Waals surface area contributed by atoms with Gasteiger partial charge in [0.15, 0.2) is 0 Å². The average Bonchev–Trinajstić information content (AvgIpc) is 2.72. The Balaban J connectivity index is 4.79. The fourth-order valence-electron chi connectivity index (χ4n) is 2.10. The molecule has 0 aliphatic carbocycles. The highest BCUT2D eigenvalue weighted by Crippen LogP contribution is 2.26. The van der Waals surface area contributed by atoms with E-state index in [0.29, 0.717) is 43.1 Å². The fourth-order valence-corrected chi connectivity index (χ4v) is 4.58. The molecule has 0 aromatic rings. The number of carbonyl (C=O) groups excluding carboxylic acids is 2. The van der Waals surface area contributed by atoms with Crippen LogP contribution in [-0.4, -0.2) is 67.9 Å². The van der Waals surface area contributed by atoms with Gasteiger partial charge in [-0.1, -0.05) is 13.2 Å². The molecule has 1 atom stereocenters. The molecule has 0 aliphatic rings. The highest BCUT2D eigenvalue weighted by Gasteiger charge is 2.47. The van der Waals surface area contributed by atoms with Crippen LogP contribution in [-0.2, 0) is 41.8 Å². The van der Waals surface area contributed by atoms with Crippen molar-refractivity contribution in [3.05, 3.63) is 24.3 Å². The van der Waals surface area contributed by atoms with Crippen molar-refractivity contribution >= 4 is 20.7 Å². The topological polar surface area (TPSA) is 98.8 Å². The lowest BCUT2D eigenvalue weighted by atomic mass is 10.3. The summed E-state index contributed by atoms with van der Waals surface area (Å²) in [5.74, 6) is -2.22. The molecular formula is C20H36O9Si. The summed E-state index contributed by atoms with van der Waals surface area (Å²) in [4.78, 5) is 22.9. The van der Waals surface area contributed by atoms with Crippen molar-refractivity contribution in [3.63, 3.8) is 0 Å². The van der Waals surface area contributed by atoms with Gasteiger partial charge in [-0.2, -0.15) is 0 Å². The molecule has 0 aromatic carbocycles. The Labute approximate surface area is 180 Å². The van der Waals surface area contributed by atoms with Crippen molar-refractivity contribution in [1.29, 1.82) is 0 Å². The van der Waals surface area contributed by atoms with Gasteiger partial charge < -0.3 is 32.2 Å². The minimum Gasteiger partial charge on any atom is -0.462 e. The second-order valence-corrected chi connectivity index (χ2v) is 9.52. The molecule has 0 radical (unpaired) electrons. The van der Waals surface area contributed by atoms with Gasteiger partial charge in [-0.05, 0) is 33.1 Å². The van der Waals surface area contributed by atoms with Gasteiger partial charge in [0.1, 0.15) is 0 Å². The lowest BCUT2D eigenvalue weighted by molar-refractivity contribution is -0.327. The first-order valence-electron chi connectivity index (χ1n) is 9.69. The van der Waals surface area contributed by atoms with Crippen LogP contribution in [0.4, 0.5) is 0 Å². The monoisotopic (exact) mass is 448 g/mol. The molecule has 174 valence electrons. The van der Waals surface area contributed by atoms with E-state index in [9.17, 15) is 9.59 Å². The molecule has 0 saturated heterocycles. The maximum absolute atomic E-state index is 11.5. The van der Waals surface area contributed by atoms with Crippen LogP contribution in [0.3, 0.4) is 0 Å². The SMILES string of the molecule is C=C(C)C(=O)OCCCCO[Si](CCCOC(=O)C(=C)C)(OC)OC(C)(OC)OC. The Hall–Kier alpha value is -1.56. The Morgan fingerprint density at radius 1 is 0.833 bits per heavy atom. The normalized spacial score (nSPS) is 13.4. The quantitative estimate of drug-likeness (QED) is 0.109. The van der Waals surface area contributed by atoms with E-state index in [1.165, 1.54) is 21.3 Å². The van der Waals surface area contributed by atoms with Crippen LogP contribution in [0.15, 0.2) is 24.3 Å². The van der Waals surface area contributed by atoms with Crippen molar-refractivity contribution in [2.24, 2.45) is 0 Å². The molecule has 0 aromatic heterocycles. The third-order valence-corrected chi connectivity index (χ3v) is 6.96. The van der Waals surface area contributed by atoms with E-state index >= 15 is 0 Å². The van der Waals surface area contributed by atoms with Crippen molar-refractivity contribution in [2.45, 2.75) is 52.1 Å². The third-order valence-electron chi connectivity index (χ3n) is 4.04. The first-order valence-corrected chi connectivity index (χ1v) is 11.6. The number of hydrogen-bond acceptors (Lipinski definition) is 9. The number of hydrogen-bond donors (Lipinski definition) is 0. The van der Waals surface area contributed by atoms with Crippen molar-refractivity contribution in [2.75, 3.05) is 41.2 Å². The van der Waals surface area contributed by atoms with Gasteiger partial charge in [0, 0.05) is 52.1 Å². The molecule has 0 bridgehead atoms. The lowest BCUT2D eigenvalue weighted by Gasteiger charge is -2.36. The predicted octanol–water partition coefficient (Wildman–Crippen LogP) is 2.98. The number of esters is 2. The van der Waals surface area contributed by atoms with Crippen molar-refractivity contribution in [1.82, 2.24) is 0 Å². The largest absolute Gasteiger partial charge is 0.504 e. The second-order valence-electron chi connectivity index (χ2n) is 6.75. The van der Waals surface area contributed by atoms with Crippen LogP contribution < -0.4 is 0 Å². The maximum atomic E-state index is 11.5. The Morgan fingerprint density at radius 3 is 1.73 bits per heavy atom. The molecule has 0 amide bonds. The van der Waals surface area contributed by atoms with Gasteiger partial charge in [0.25, 0.3) is 5.97 Å². The number of unbranched alkanes of at least 4 members (excludes halogenated alkanes) is 1. The zero-order valence-electron chi connectivity index (χ0n) is 19.0. The van der Waals surface area contributed by atoms with Crippen LogP contribution >= 0.6 is 0 Å². The summed E-state index contributed by atoms with van der Waals surface area (Å²) in [6, 6.07) is 0.375. The minimum atomic E-state index is -3.23.